The molecule has 1 N–H and O–H groups in total. The average molecular weight is 213 g/mol. The molecule has 0 heterocycles. The Bertz CT molecular complexity index is 400. The van der Waals surface area contributed by atoms with E-state index in [0.29, 0.717) is 0 Å². The Morgan fingerprint density at radius 3 is 3.00 bits per heavy atom. The first kappa shape index (κ1) is 10.5. The van der Waals surface area contributed by atoms with Crippen LogP contribution in [-0.2, 0) is 0 Å². The molecule has 0 aliphatic heterocycles. The first-order valence-electron chi connectivity index (χ1n) is 3.75. The van der Waals surface area contributed by atoms with Gasteiger partial charge in [0.05, 0.1) is 16.7 Å². The van der Waals surface area contributed by atoms with Crippen LogP contribution in [-0.4, -0.2) is 12.5 Å². The number of carbonyl (C=O) groups excluding carboxylic acids is 1. The third-order valence-electron chi connectivity index (χ3n) is 1.50. The molecule has 1 aromatic rings. The Kier molecular flexibility index (Phi) is 3.43. The van der Waals surface area contributed by atoms with Gasteiger partial charge < -0.3 is 5.32 Å². The summed E-state index contributed by atoms with van der Waals surface area (Å²) in [5.41, 5.74) is 0.0296. The van der Waals surface area contributed by atoms with Gasteiger partial charge in [-0.1, -0.05) is 11.6 Å². The Morgan fingerprint density at radius 1 is 1.64 bits per heavy atom. The number of halogens is 2. The van der Waals surface area contributed by atoms with Gasteiger partial charge in [-0.05, 0) is 18.2 Å². The molecule has 0 spiro atoms. The van der Waals surface area contributed by atoms with Crippen molar-refractivity contribution in [3.8, 4) is 6.07 Å². The maximum absolute atomic E-state index is 12.7. The van der Waals surface area contributed by atoms with Gasteiger partial charge in [0.25, 0.3) is 5.91 Å². The molecule has 0 aliphatic rings. The van der Waals surface area contributed by atoms with Crippen LogP contribution in [0.1, 0.15) is 10.4 Å². The molecular weight excluding hydrogens is 207 g/mol. The van der Waals surface area contributed by atoms with Gasteiger partial charge in [-0.15, -0.1) is 0 Å². The molecule has 5 heteroatoms. The zero-order chi connectivity index (χ0) is 10.6. The Morgan fingerprint density at radius 2 is 2.36 bits per heavy atom. The van der Waals surface area contributed by atoms with Crippen LogP contribution in [0.4, 0.5) is 4.39 Å². The number of nitrogens with one attached hydrogen (secondary N) is 1. The van der Waals surface area contributed by atoms with Crippen LogP contribution < -0.4 is 5.32 Å². The van der Waals surface area contributed by atoms with Crippen LogP contribution in [0.5, 0.6) is 0 Å². The Labute approximate surface area is 85.1 Å². The summed E-state index contributed by atoms with van der Waals surface area (Å²) in [6.07, 6.45) is 0. The van der Waals surface area contributed by atoms with Crippen molar-refractivity contribution < 1.29 is 9.18 Å². The second kappa shape index (κ2) is 4.58. The fourth-order valence-electron chi connectivity index (χ4n) is 0.887. The molecule has 0 atom stereocenters. The van der Waals surface area contributed by atoms with Crippen molar-refractivity contribution in [1.29, 1.82) is 5.26 Å². The summed E-state index contributed by atoms with van der Waals surface area (Å²) < 4.78 is 12.7. The fraction of sp³-hybridized carbons (Fsp3) is 0.111. The molecule has 0 fully saturated rings. The molecule has 1 amide bonds. The van der Waals surface area contributed by atoms with Gasteiger partial charge in [-0.3, -0.25) is 4.79 Å². The van der Waals surface area contributed by atoms with Crippen molar-refractivity contribution in [1.82, 2.24) is 5.32 Å². The lowest BCUT2D eigenvalue weighted by Gasteiger charge is -2.02. The maximum Gasteiger partial charge on any atom is 0.253 e. The molecule has 0 radical (unpaired) electrons. The normalized spacial score (nSPS) is 9.21. The van der Waals surface area contributed by atoms with Gasteiger partial charge in [0.15, 0.2) is 0 Å². The molecule has 1 rings (SSSR count). The van der Waals surface area contributed by atoms with Gasteiger partial charge in [-0.2, -0.15) is 5.26 Å². The van der Waals surface area contributed by atoms with Crippen LogP contribution >= 0.6 is 11.6 Å². The number of amides is 1. The molecule has 0 bridgehead atoms. The van der Waals surface area contributed by atoms with Crippen LogP contribution in [0.3, 0.4) is 0 Å². The summed E-state index contributed by atoms with van der Waals surface area (Å²) in [5, 5.41) is 10.6. The molecule has 0 unspecified atom stereocenters. The number of hydrogen-bond acceptors (Lipinski definition) is 2. The topological polar surface area (TPSA) is 52.9 Å². The van der Waals surface area contributed by atoms with E-state index in [0.717, 1.165) is 12.1 Å². The van der Waals surface area contributed by atoms with E-state index >= 15 is 0 Å². The van der Waals surface area contributed by atoms with E-state index in [-0.39, 0.29) is 17.1 Å². The van der Waals surface area contributed by atoms with Crippen molar-refractivity contribution in [3.05, 3.63) is 34.6 Å². The largest absolute Gasteiger partial charge is 0.339 e. The zero-order valence-electron chi connectivity index (χ0n) is 7.05. The fourth-order valence-corrected chi connectivity index (χ4v) is 1.09. The molecule has 0 aromatic heterocycles. The third kappa shape index (κ3) is 2.44. The first-order valence-corrected chi connectivity index (χ1v) is 4.13. The predicted molar refractivity (Wildman–Crippen MR) is 49.4 cm³/mol. The molecule has 0 saturated carbocycles. The Hall–Kier alpha value is -1.60. The van der Waals surface area contributed by atoms with E-state index in [1.165, 1.54) is 6.07 Å². The van der Waals surface area contributed by atoms with E-state index in [1.807, 2.05) is 0 Å². The number of nitriles is 1. The van der Waals surface area contributed by atoms with E-state index in [1.54, 1.807) is 6.07 Å². The van der Waals surface area contributed by atoms with Crippen molar-refractivity contribution in [3.63, 3.8) is 0 Å². The third-order valence-corrected chi connectivity index (χ3v) is 1.83. The maximum atomic E-state index is 12.7. The SMILES string of the molecule is N#CCNC(=O)c1cc(F)ccc1Cl. The summed E-state index contributed by atoms with van der Waals surface area (Å²) in [6, 6.07) is 5.20. The van der Waals surface area contributed by atoms with Crippen molar-refractivity contribution >= 4 is 17.5 Å². The highest BCUT2D eigenvalue weighted by Crippen LogP contribution is 2.16. The van der Waals surface area contributed by atoms with E-state index in [4.69, 9.17) is 16.9 Å². The van der Waals surface area contributed by atoms with Crippen molar-refractivity contribution in [2.45, 2.75) is 0 Å². The summed E-state index contributed by atoms with van der Waals surface area (Å²) in [6.45, 7) is -0.133. The quantitative estimate of drug-likeness (QED) is 0.759. The summed E-state index contributed by atoms with van der Waals surface area (Å²) in [7, 11) is 0. The van der Waals surface area contributed by atoms with E-state index in [9.17, 15) is 9.18 Å². The van der Waals surface area contributed by atoms with E-state index < -0.39 is 11.7 Å². The summed E-state index contributed by atoms with van der Waals surface area (Å²) in [4.78, 5) is 11.3. The molecule has 0 saturated heterocycles. The van der Waals surface area contributed by atoms with Crippen LogP contribution in [0, 0.1) is 17.1 Å². The number of hydrogen-bond donors (Lipinski definition) is 1. The van der Waals surface area contributed by atoms with Gasteiger partial charge in [0.2, 0.25) is 0 Å². The predicted octanol–water partition coefficient (Wildman–Crippen LogP) is 1.73. The van der Waals surface area contributed by atoms with E-state index in [2.05, 4.69) is 5.32 Å². The van der Waals surface area contributed by atoms with Gasteiger partial charge >= 0.3 is 0 Å². The van der Waals surface area contributed by atoms with Gasteiger partial charge in [0, 0.05) is 0 Å². The lowest BCUT2D eigenvalue weighted by molar-refractivity contribution is 0.0958. The van der Waals surface area contributed by atoms with Crippen molar-refractivity contribution in [2.75, 3.05) is 6.54 Å². The first-order chi connectivity index (χ1) is 6.65. The Balaban J connectivity index is 2.90. The average Bonchev–Trinajstić information content (AvgIpc) is 2.18. The number of carbonyl (C=O) groups is 1. The highest BCUT2D eigenvalue weighted by Gasteiger charge is 2.10. The highest BCUT2D eigenvalue weighted by molar-refractivity contribution is 6.33. The number of nitrogens with zero attached hydrogens (tertiary/aromatic N) is 1. The summed E-state index contributed by atoms with van der Waals surface area (Å²) >= 11 is 5.66. The smallest absolute Gasteiger partial charge is 0.253 e. The molecule has 3 nitrogen and oxygen atoms in total. The van der Waals surface area contributed by atoms with Crippen LogP contribution in [0.25, 0.3) is 0 Å². The molecular formula is C9H6ClFN2O. The minimum Gasteiger partial charge on any atom is -0.339 e. The monoisotopic (exact) mass is 212 g/mol. The number of rotatable bonds is 2. The van der Waals surface area contributed by atoms with Crippen LogP contribution in [0.2, 0.25) is 5.02 Å². The standard InChI is InChI=1S/C9H6ClFN2O/c10-8-2-1-6(11)5-7(8)9(14)13-4-3-12/h1-2,5H,4H2,(H,13,14). The van der Waals surface area contributed by atoms with Crippen LogP contribution in [0.15, 0.2) is 18.2 Å². The highest BCUT2D eigenvalue weighted by atomic mass is 35.5. The minimum atomic E-state index is -0.559. The lowest BCUT2D eigenvalue weighted by atomic mass is 10.2. The molecule has 1 aromatic carbocycles. The lowest BCUT2D eigenvalue weighted by Crippen LogP contribution is -2.23. The number of benzene rings is 1. The van der Waals surface area contributed by atoms with Gasteiger partial charge in [0.1, 0.15) is 12.4 Å². The molecule has 0 aliphatic carbocycles. The summed E-state index contributed by atoms with van der Waals surface area (Å²) in [5.74, 6) is -1.10. The second-order valence-corrected chi connectivity index (χ2v) is 2.87. The molecule has 14 heavy (non-hydrogen) atoms. The van der Waals surface area contributed by atoms with Gasteiger partial charge in [-0.25, -0.2) is 4.39 Å². The second-order valence-electron chi connectivity index (χ2n) is 2.46. The minimum absolute atomic E-state index is 0.0296. The van der Waals surface area contributed by atoms with Crippen molar-refractivity contribution in [2.24, 2.45) is 0 Å². The zero-order valence-corrected chi connectivity index (χ0v) is 7.81. The molecule has 72 valence electrons.